The second-order valence-electron chi connectivity index (χ2n) is 6.04. The highest BCUT2D eigenvalue weighted by atomic mass is 32.2. The van der Waals surface area contributed by atoms with Crippen LogP contribution < -0.4 is 3.89 Å². The van der Waals surface area contributed by atoms with Crippen LogP contribution >= 0.6 is 0 Å². The Morgan fingerprint density at radius 2 is 1.54 bits per heavy atom. The molecule has 0 spiro atoms. The minimum absolute atomic E-state index is 0.164. The lowest BCUT2D eigenvalue weighted by molar-refractivity contribution is -0.139. The van der Waals surface area contributed by atoms with Gasteiger partial charge in [0, 0.05) is 17.7 Å². The third-order valence-electron chi connectivity index (χ3n) is 4.19. The zero-order valence-electron chi connectivity index (χ0n) is 14.7. The van der Waals surface area contributed by atoms with Gasteiger partial charge in [0.05, 0.1) is 19.3 Å². The summed E-state index contributed by atoms with van der Waals surface area (Å²) >= 11 is 0. The van der Waals surface area contributed by atoms with Gasteiger partial charge in [-0.05, 0) is 31.9 Å². The number of quaternary nitrogens is 1. The molecule has 0 bridgehead atoms. The van der Waals surface area contributed by atoms with Gasteiger partial charge in [0.1, 0.15) is 11.6 Å². The van der Waals surface area contributed by atoms with E-state index in [4.69, 9.17) is 5.11 Å². The van der Waals surface area contributed by atoms with Gasteiger partial charge < -0.3 is 5.11 Å². The van der Waals surface area contributed by atoms with Crippen LogP contribution in [-0.2, 0) is 14.8 Å². The van der Waals surface area contributed by atoms with Gasteiger partial charge in [-0.15, -0.1) is 0 Å². The first-order chi connectivity index (χ1) is 11.1. The van der Waals surface area contributed by atoms with E-state index in [1.807, 2.05) is 13.8 Å². The van der Waals surface area contributed by atoms with Crippen LogP contribution in [0.15, 0.2) is 24.3 Å². The molecule has 0 aliphatic carbocycles. The molecule has 1 aromatic carbocycles. The Hall–Kier alpha value is -1.73. The van der Waals surface area contributed by atoms with Crippen LogP contribution in [0.2, 0.25) is 0 Å². The summed E-state index contributed by atoms with van der Waals surface area (Å²) in [6, 6.07) is 6.27. The molecule has 0 saturated carbocycles. The molecule has 1 atom stereocenters. The van der Waals surface area contributed by atoms with Crippen LogP contribution in [0.5, 0.6) is 0 Å². The van der Waals surface area contributed by atoms with E-state index in [1.165, 1.54) is 25.3 Å². The van der Waals surface area contributed by atoms with E-state index in [9.17, 15) is 18.0 Å². The van der Waals surface area contributed by atoms with Crippen molar-refractivity contribution in [2.45, 2.75) is 33.6 Å². The quantitative estimate of drug-likeness (QED) is 0.417. The van der Waals surface area contributed by atoms with Crippen molar-refractivity contribution in [1.29, 1.82) is 0 Å². The summed E-state index contributed by atoms with van der Waals surface area (Å²) < 4.78 is 24.8. The van der Waals surface area contributed by atoms with Gasteiger partial charge in [0.15, 0.2) is 5.78 Å². The molecule has 0 aliphatic heterocycles. The summed E-state index contributed by atoms with van der Waals surface area (Å²) in [5.41, 5.74) is 0.869. The highest BCUT2D eigenvalue weighted by Gasteiger charge is 2.39. The number of hydrogen-bond donors (Lipinski definition) is 1. The van der Waals surface area contributed by atoms with Crippen molar-refractivity contribution in [3.05, 3.63) is 29.8 Å². The second-order valence-corrected chi connectivity index (χ2v) is 8.21. The summed E-state index contributed by atoms with van der Waals surface area (Å²) in [6.07, 6.45) is 2.62. The van der Waals surface area contributed by atoms with Crippen molar-refractivity contribution in [2.75, 3.05) is 19.3 Å². The normalized spacial score (nSPS) is 13.5. The summed E-state index contributed by atoms with van der Waals surface area (Å²) in [5, 5.41) is 8.94. The number of rotatable bonds is 9. The Morgan fingerprint density at radius 1 is 1.08 bits per heavy atom. The predicted octanol–water partition coefficient (Wildman–Crippen LogP) is 2.68. The van der Waals surface area contributed by atoms with Crippen LogP contribution in [0.3, 0.4) is 0 Å². The van der Waals surface area contributed by atoms with Crippen molar-refractivity contribution >= 4 is 27.5 Å². The Labute approximate surface area is 143 Å². The van der Waals surface area contributed by atoms with Gasteiger partial charge in [-0.25, -0.2) is 0 Å². The fraction of sp³-hybridized carbons (Fsp3) is 0.529. The molecular formula is C17H26NO5S+. The molecule has 0 saturated heterocycles. The van der Waals surface area contributed by atoms with E-state index < -0.39 is 27.7 Å². The van der Waals surface area contributed by atoms with Crippen molar-refractivity contribution in [2.24, 2.45) is 5.92 Å². The Bertz CT molecular complexity index is 688. The first-order valence-electron chi connectivity index (χ1n) is 8.05. The predicted molar refractivity (Wildman–Crippen MR) is 94.5 cm³/mol. The molecule has 0 aromatic heterocycles. The van der Waals surface area contributed by atoms with Gasteiger partial charge in [0.25, 0.3) is 10.0 Å². The maximum atomic E-state index is 12.5. The number of nitrogens with zero attached hydrogens (tertiary/aromatic N) is 1. The molecule has 1 unspecified atom stereocenters. The largest absolute Gasteiger partial charge is 0.481 e. The number of sulfonamides is 1. The molecule has 1 aromatic rings. The Morgan fingerprint density at radius 3 is 1.88 bits per heavy atom. The topological polar surface area (TPSA) is 88.5 Å². The number of carbonyl (C=O) groups is 2. The molecular weight excluding hydrogens is 330 g/mol. The van der Waals surface area contributed by atoms with Gasteiger partial charge in [-0.2, -0.15) is 12.3 Å². The van der Waals surface area contributed by atoms with Crippen molar-refractivity contribution in [3.63, 3.8) is 0 Å². The molecule has 24 heavy (non-hydrogen) atoms. The number of carboxylic acid groups (broad SMARTS) is 1. The van der Waals surface area contributed by atoms with E-state index in [0.29, 0.717) is 31.6 Å². The third kappa shape index (κ3) is 4.02. The molecule has 1 rings (SSSR count). The lowest BCUT2D eigenvalue weighted by Crippen LogP contribution is -2.54. The van der Waals surface area contributed by atoms with Gasteiger partial charge in [0.2, 0.25) is 0 Å². The third-order valence-corrected chi connectivity index (χ3v) is 6.04. The molecule has 134 valence electrons. The molecule has 0 fully saturated rings. The van der Waals surface area contributed by atoms with Crippen LogP contribution in [0, 0.1) is 5.92 Å². The molecule has 0 amide bonds. The van der Waals surface area contributed by atoms with Crippen LogP contribution in [0.4, 0.5) is 5.69 Å². The van der Waals surface area contributed by atoms with E-state index in [1.54, 1.807) is 12.1 Å². The summed E-state index contributed by atoms with van der Waals surface area (Å²) in [5.74, 6) is -2.80. The minimum Gasteiger partial charge on any atom is -0.481 e. The monoisotopic (exact) mass is 356 g/mol. The van der Waals surface area contributed by atoms with E-state index in [0.717, 1.165) is 0 Å². The maximum absolute atomic E-state index is 12.5. The van der Waals surface area contributed by atoms with E-state index >= 15 is 0 Å². The van der Waals surface area contributed by atoms with E-state index in [2.05, 4.69) is 0 Å². The Balaban J connectivity index is 3.33. The molecule has 0 heterocycles. The maximum Gasteiger partial charge on any atom is 0.314 e. The number of Topliss-reactive ketones (excluding diaryl/α,β-unsaturated/α-hetero) is 1. The number of benzene rings is 1. The van der Waals surface area contributed by atoms with E-state index in [-0.39, 0.29) is 9.45 Å². The zero-order chi connectivity index (χ0) is 18.5. The van der Waals surface area contributed by atoms with Gasteiger partial charge in [-0.3, -0.25) is 9.59 Å². The number of hydrogen-bond acceptors (Lipinski definition) is 4. The number of carbonyl (C=O) groups excluding carboxylic acids is 1. The van der Waals surface area contributed by atoms with Crippen LogP contribution in [-0.4, -0.2) is 44.6 Å². The molecule has 1 N–H and O–H groups in total. The molecule has 0 aliphatic rings. The number of carboxylic acids is 1. The van der Waals surface area contributed by atoms with Crippen molar-refractivity contribution in [3.8, 4) is 0 Å². The fourth-order valence-corrected chi connectivity index (χ4v) is 4.41. The van der Waals surface area contributed by atoms with Gasteiger partial charge >= 0.3 is 5.97 Å². The number of ketones is 1. The first kappa shape index (κ1) is 20.3. The SMILES string of the molecule is CCC[N+](CCC)(c1ccc(C(=O)C(C)C(=O)O)cc1)S(C)(=O)=O. The molecule has 7 heteroatoms. The lowest BCUT2D eigenvalue weighted by Gasteiger charge is -2.35. The highest BCUT2D eigenvalue weighted by molar-refractivity contribution is 7.90. The smallest absolute Gasteiger partial charge is 0.314 e. The molecule has 6 nitrogen and oxygen atoms in total. The summed E-state index contributed by atoms with van der Waals surface area (Å²) in [4.78, 5) is 23.0. The van der Waals surface area contributed by atoms with Gasteiger partial charge in [-0.1, -0.05) is 13.8 Å². The average Bonchev–Trinajstić information content (AvgIpc) is 2.52. The summed E-state index contributed by atoms with van der Waals surface area (Å²) in [7, 11) is -3.41. The molecule has 0 radical (unpaired) electrons. The second kappa shape index (κ2) is 7.90. The van der Waals surface area contributed by atoms with Crippen LogP contribution in [0.25, 0.3) is 0 Å². The first-order valence-corrected chi connectivity index (χ1v) is 9.90. The zero-order valence-corrected chi connectivity index (χ0v) is 15.5. The Kier molecular flexibility index (Phi) is 6.68. The van der Waals surface area contributed by atoms with Crippen molar-refractivity contribution in [1.82, 2.24) is 3.89 Å². The lowest BCUT2D eigenvalue weighted by atomic mass is 9.99. The standard InChI is InChI=1S/C17H25NO5S/c1-5-11-18(12-6-2,24(4,22)23)15-9-7-14(8-10-15)16(19)13(3)17(20)21/h7-10,13H,5-6,11-12H2,1-4H3/p+1. The van der Waals surface area contributed by atoms with Crippen LogP contribution in [0.1, 0.15) is 44.0 Å². The summed E-state index contributed by atoms with van der Waals surface area (Å²) in [6.45, 7) is 6.10. The fourth-order valence-electron chi connectivity index (χ4n) is 2.88. The highest BCUT2D eigenvalue weighted by Crippen LogP contribution is 2.29. The minimum atomic E-state index is -3.41. The number of aliphatic carboxylic acids is 1. The van der Waals surface area contributed by atoms with Crippen molar-refractivity contribution < 1.29 is 23.1 Å². The average molecular weight is 356 g/mol.